The molecule has 0 saturated carbocycles. The van der Waals surface area contributed by atoms with Crippen molar-refractivity contribution >= 4 is 11.8 Å². The minimum Gasteiger partial charge on any atom is -0.392 e. The molecule has 0 heterocycles. The van der Waals surface area contributed by atoms with E-state index in [1.807, 2.05) is 6.07 Å². The molecule has 0 aromatic heterocycles. The zero-order valence-corrected chi connectivity index (χ0v) is 10.1. The van der Waals surface area contributed by atoms with Crippen molar-refractivity contribution in [3.05, 3.63) is 29.6 Å². The van der Waals surface area contributed by atoms with Crippen LogP contribution in [0.15, 0.2) is 23.1 Å². The van der Waals surface area contributed by atoms with Crippen LogP contribution in [0.25, 0.3) is 0 Å². The van der Waals surface area contributed by atoms with Gasteiger partial charge in [0.05, 0.1) is 6.61 Å². The SMILES string of the molecule is CC(C)C(C)Sc1cccc(F)c1CO. The van der Waals surface area contributed by atoms with E-state index >= 15 is 0 Å². The van der Waals surface area contributed by atoms with E-state index in [0.717, 1.165) is 4.90 Å². The Balaban J connectivity index is 2.89. The van der Waals surface area contributed by atoms with Crippen LogP contribution < -0.4 is 0 Å². The van der Waals surface area contributed by atoms with Crippen molar-refractivity contribution in [3.63, 3.8) is 0 Å². The summed E-state index contributed by atoms with van der Waals surface area (Å²) >= 11 is 1.62. The first-order valence-electron chi connectivity index (χ1n) is 5.11. The Bertz CT molecular complexity index is 325. The van der Waals surface area contributed by atoms with Gasteiger partial charge in [-0.1, -0.05) is 26.8 Å². The largest absolute Gasteiger partial charge is 0.392 e. The lowest BCUT2D eigenvalue weighted by Gasteiger charge is -2.16. The van der Waals surface area contributed by atoms with Crippen molar-refractivity contribution in [2.75, 3.05) is 0 Å². The second-order valence-electron chi connectivity index (χ2n) is 3.94. The Labute approximate surface area is 94.7 Å². The normalized spacial score (nSPS) is 13.2. The van der Waals surface area contributed by atoms with Crippen LogP contribution in [-0.2, 0) is 6.61 Å². The molecule has 1 unspecified atom stereocenters. The summed E-state index contributed by atoms with van der Waals surface area (Å²) in [6, 6.07) is 4.93. The molecule has 1 aromatic carbocycles. The highest BCUT2D eigenvalue weighted by molar-refractivity contribution is 8.00. The van der Waals surface area contributed by atoms with Gasteiger partial charge in [0.15, 0.2) is 0 Å². The number of hydrogen-bond donors (Lipinski definition) is 1. The molecule has 0 radical (unpaired) electrons. The highest BCUT2D eigenvalue weighted by Crippen LogP contribution is 2.31. The molecule has 0 fully saturated rings. The smallest absolute Gasteiger partial charge is 0.129 e. The summed E-state index contributed by atoms with van der Waals surface area (Å²) < 4.78 is 13.3. The lowest BCUT2D eigenvalue weighted by molar-refractivity contribution is 0.272. The topological polar surface area (TPSA) is 20.2 Å². The molecule has 3 heteroatoms. The van der Waals surface area contributed by atoms with Gasteiger partial charge in [-0.15, -0.1) is 11.8 Å². The molecule has 84 valence electrons. The van der Waals surface area contributed by atoms with E-state index < -0.39 is 0 Å². The van der Waals surface area contributed by atoms with Crippen LogP contribution in [0.4, 0.5) is 4.39 Å². The van der Waals surface area contributed by atoms with Crippen molar-refractivity contribution in [2.45, 2.75) is 37.5 Å². The van der Waals surface area contributed by atoms with Crippen molar-refractivity contribution in [1.82, 2.24) is 0 Å². The van der Waals surface area contributed by atoms with E-state index in [2.05, 4.69) is 20.8 Å². The van der Waals surface area contributed by atoms with Gasteiger partial charge < -0.3 is 5.11 Å². The molecule has 0 saturated heterocycles. The summed E-state index contributed by atoms with van der Waals surface area (Å²) in [5.74, 6) is 0.211. The maximum absolute atomic E-state index is 13.3. The molecule has 1 N–H and O–H groups in total. The Morgan fingerprint density at radius 2 is 2.00 bits per heavy atom. The van der Waals surface area contributed by atoms with Gasteiger partial charge in [-0.05, 0) is 18.1 Å². The van der Waals surface area contributed by atoms with E-state index in [-0.39, 0.29) is 12.4 Å². The summed E-state index contributed by atoms with van der Waals surface area (Å²) in [4.78, 5) is 0.846. The molecule has 1 atom stereocenters. The first kappa shape index (κ1) is 12.5. The highest BCUT2D eigenvalue weighted by atomic mass is 32.2. The van der Waals surface area contributed by atoms with E-state index in [1.54, 1.807) is 17.8 Å². The minimum absolute atomic E-state index is 0.236. The summed E-state index contributed by atoms with van der Waals surface area (Å²) in [7, 11) is 0. The van der Waals surface area contributed by atoms with Gasteiger partial charge in [-0.25, -0.2) is 4.39 Å². The quantitative estimate of drug-likeness (QED) is 0.796. The molecule has 1 aromatic rings. The molecule has 0 aliphatic carbocycles. The van der Waals surface area contributed by atoms with Gasteiger partial charge >= 0.3 is 0 Å². The number of aliphatic hydroxyl groups is 1. The van der Waals surface area contributed by atoms with Gasteiger partial charge in [0.1, 0.15) is 5.82 Å². The Morgan fingerprint density at radius 1 is 1.33 bits per heavy atom. The van der Waals surface area contributed by atoms with Gasteiger partial charge in [-0.3, -0.25) is 0 Å². The van der Waals surface area contributed by atoms with E-state index in [9.17, 15) is 4.39 Å². The second-order valence-corrected chi connectivity index (χ2v) is 5.36. The van der Waals surface area contributed by atoms with Crippen molar-refractivity contribution < 1.29 is 9.50 Å². The van der Waals surface area contributed by atoms with E-state index in [4.69, 9.17) is 5.11 Å². The monoisotopic (exact) mass is 228 g/mol. The standard InChI is InChI=1S/C12H17FOS/c1-8(2)9(3)15-12-6-4-5-11(13)10(12)7-14/h4-6,8-9,14H,7H2,1-3H3. The molecule has 1 rings (SSSR count). The van der Waals surface area contributed by atoms with E-state index in [0.29, 0.717) is 16.7 Å². The lowest BCUT2D eigenvalue weighted by atomic mass is 10.2. The lowest BCUT2D eigenvalue weighted by Crippen LogP contribution is -2.06. The maximum Gasteiger partial charge on any atom is 0.129 e. The van der Waals surface area contributed by atoms with Crippen LogP contribution in [0.3, 0.4) is 0 Å². The fourth-order valence-corrected chi connectivity index (χ4v) is 2.27. The van der Waals surface area contributed by atoms with Gasteiger partial charge in [-0.2, -0.15) is 0 Å². The van der Waals surface area contributed by atoms with Crippen LogP contribution in [0.5, 0.6) is 0 Å². The highest BCUT2D eigenvalue weighted by Gasteiger charge is 2.13. The number of halogens is 1. The molecular weight excluding hydrogens is 211 g/mol. The first-order valence-corrected chi connectivity index (χ1v) is 5.99. The summed E-state index contributed by atoms with van der Waals surface area (Å²) in [5.41, 5.74) is 0.412. The first-order chi connectivity index (χ1) is 7.06. The van der Waals surface area contributed by atoms with Crippen LogP contribution in [-0.4, -0.2) is 10.4 Å². The predicted octanol–water partition coefficient (Wildman–Crippen LogP) is 3.45. The van der Waals surface area contributed by atoms with Crippen LogP contribution in [0, 0.1) is 11.7 Å². The number of hydrogen-bond acceptors (Lipinski definition) is 2. The second kappa shape index (κ2) is 5.52. The summed E-state index contributed by atoms with van der Waals surface area (Å²) in [6.07, 6.45) is 0. The van der Waals surface area contributed by atoms with Crippen LogP contribution in [0.2, 0.25) is 0 Å². The number of thioether (sulfide) groups is 1. The average molecular weight is 228 g/mol. The maximum atomic E-state index is 13.3. The molecule has 15 heavy (non-hydrogen) atoms. The zero-order valence-electron chi connectivity index (χ0n) is 9.33. The van der Waals surface area contributed by atoms with E-state index in [1.165, 1.54) is 6.07 Å². The van der Waals surface area contributed by atoms with Gasteiger partial charge in [0.25, 0.3) is 0 Å². The third-order valence-corrected chi connectivity index (χ3v) is 4.04. The third-order valence-electron chi connectivity index (χ3n) is 2.49. The summed E-state index contributed by atoms with van der Waals surface area (Å²) in [5, 5.41) is 9.51. The molecule has 0 amide bonds. The van der Waals surface area contributed by atoms with Crippen LogP contribution in [0.1, 0.15) is 26.3 Å². The molecule has 0 spiro atoms. The fourth-order valence-electron chi connectivity index (χ4n) is 1.14. The van der Waals surface area contributed by atoms with Gasteiger partial charge in [0, 0.05) is 15.7 Å². The molecule has 0 aliphatic heterocycles. The predicted molar refractivity (Wildman–Crippen MR) is 62.5 cm³/mol. The van der Waals surface area contributed by atoms with Crippen molar-refractivity contribution in [3.8, 4) is 0 Å². The fraction of sp³-hybridized carbons (Fsp3) is 0.500. The zero-order chi connectivity index (χ0) is 11.4. The Hall–Kier alpha value is -0.540. The van der Waals surface area contributed by atoms with Gasteiger partial charge in [0.2, 0.25) is 0 Å². The minimum atomic E-state index is -0.321. The van der Waals surface area contributed by atoms with Crippen LogP contribution >= 0.6 is 11.8 Å². The third kappa shape index (κ3) is 3.21. The summed E-state index contributed by atoms with van der Waals surface area (Å²) in [6.45, 7) is 6.15. The molecular formula is C12H17FOS. The molecule has 1 nitrogen and oxygen atoms in total. The molecule has 0 aliphatic rings. The Morgan fingerprint density at radius 3 is 2.53 bits per heavy atom. The average Bonchev–Trinajstić information content (AvgIpc) is 2.18. The van der Waals surface area contributed by atoms with Crippen molar-refractivity contribution in [2.24, 2.45) is 5.92 Å². The molecule has 0 bridgehead atoms. The van der Waals surface area contributed by atoms with Crippen molar-refractivity contribution in [1.29, 1.82) is 0 Å². The number of rotatable bonds is 4. The number of aliphatic hydroxyl groups excluding tert-OH is 1. The number of benzene rings is 1. The Kier molecular flexibility index (Phi) is 4.61.